The third kappa shape index (κ3) is 4.50. The quantitative estimate of drug-likeness (QED) is 0.368. The average molecular weight is 346 g/mol. The van der Waals surface area contributed by atoms with Crippen molar-refractivity contribution in [2.75, 3.05) is 5.32 Å². The number of anilines is 1. The Morgan fingerprint density at radius 1 is 1.16 bits per heavy atom. The highest BCUT2D eigenvalue weighted by molar-refractivity contribution is 6.01. The molecule has 25 heavy (non-hydrogen) atoms. The molecule has 9 heteroatoms. The molecule has 130 valence electrons. The minimum atomic E-state index is -1.12. The number of hydrogen-bond acceptors (Lipinski definition) is 7. The normalized spacial score (nSPS) is 11.4. The summed E-state index contributed by atoms with van der Waals surface area (Å²) in [6.07, 6.45) is -1.12. The second-order valence-electron chi connectivity index (χ2n) is 5.07. The summed E-state index contributed by atoms with van der Waals surface area (Å²) in [4.78, 5) is 44.8. The zero-order valence-corrected chi connectivity index (χ0v) is 13.3. The van der Waals surface area contributed by atoms with Crippen LogP contribution < -0.4 is 5.32 Å². The van der Waals surface area contributed by atoms with Crippen molar-refractivity contribution in [1.29, 1.82) is 0 Å². The summed E-state index contributed by atoms with van der Waals surface area (Å²) in [5, 5.41) is 13.1. The number of esters is 1. The van der Waals surface area contributed by atoms with Gasteiger partial charge in [-0.1, -0.05) is 0 Å². The molecule has 0 aliphatic carbocycles. The summed E-state index contributed by atoms with van der Waals surface area (Å²) in [5.74, 6) is -2.66. The van der Waals surface area contributed by atoms with Gasteiger partial charge in [-0.05, 0) is 37.3 Å². The van der Waals surface area contributed by atoms with Crippen LogP contribution in [0.25, 0.3) is 0 Å². The Morgan fingerprint density at radius 2 is 1.80 bits per heavy atom. The minimum absolute atomic E-state index is 0.242. The largest absolute Gasteiger partial charge is 0.448 e. The van der Waals surface area contributed by atoms with Crippen LogP contribution in [-0.4, -0.2) is 28.7 Å². The third-order valence-corrected chi connectivity index (χ3v) is 3.12. The monoisotopic (exact) mass is 346 g/mol. The van der Waals surface area contributed by atoms with Gasteiger partial charge in [0, 0.05) is 18.2 Å². The molecule has 1 N–H and O–H groups in total. The van der Waals surface area contributed by atoms with Gasteiger partial charge in [-0.3, -0.25) is 19.7 Å². The van der Waals surface area contributed by atoms with Crippen LogP contribution in [0.5, 0.6) is 0 Å². The van der Waals surface area contributed by atoms with E-state index in [1.54, 1.807) is 12.1 Å². The molecule has 1 atom stereocenters. The molecule has 2 rings (SSSR count). The van der Waals surface area contributed by atoms with Crippen LogP contribution in [0.4, 0.5) is 11.6 Å². The number of amides is 1. The number of hydrogen-bond donors (Lipinski definition) is 1. The molecule has 0 radical (unpaired) electrons. The van der Waals surface area contributed by atoms with Crippen molar-refractivity contribution in [2.45, 2.75) is 20.0 Å². The van der Waals surface area contributed by atoms with E-state index in [0.717, 1.165) is 12.1 Å². The molecule has 1 amide bonds. The first-order valence-corrected chi connectivity index (χ1v) is 7.15. The van der Waals surface area contributed by atoms with E-state index >= 15 is 0 Å². The van der Waals surface area contributed by atoms with Gasteiger partial charge in [0.05, 0.1) is 6.07 Å². The van der Waals surface area contributed by atoms with Gasteiger partial charge >= 0.3 is 11.9 Å². The summed E-state index contributed by atoms with van der Waals surface area (Å²) >= 11 is 0. The van der Waals surface area contributed by atoms with Gasteiger partial charge in [-0.2, -0.15) is 0 Å². The summed E-state index contributed by atoms with van der Waals surface area (Å²) in [5.41, 5.74) is 0.802. The van der Waals surface area contributed by atoms with Crippen LogP contribution in [-0.2, 0) is 9.53 Å². The van der Waals surface area contributed by atoms with E-state index in [-0.39, 0.29) is 17.2 Å². The van der Waals surface area contributed by atoms with Crippen LogP contribution in [0, 0.1) is 10.1 Å². The van der Waals surface area contributed by atoms with E-state index in [2.05, 4.69) is 5.32 Å². The topological polar surface area (TPSA) is 129 Å². The third-order valence-electron chi connectivity index (χ3n) is 3.12. The zero-order chi connectivity index (χ0) is 18.6. The van der Waals surface area contributed by atoms with Crippen molar-refractivity contribution in [1.82, 2.24) is 0 Å². The number of furan rings is 1. The maximum absolute atomic E-state index is 12.3. The molecular formula is C16H14N2O7. The fourth-order valence-corrected chi connectivity index (χ4v) is 1.96. The van der Waals surface area contributed by atoms with Crippen LogP contribution in [0.1, 0.15) is 34.8 Å². The van der Waals surface area contributed by atoms with Gasteiger partial charge in [0.1, 0.15) is 4.92 Å². The number of rotatable bonds is 6. The SMILES string of the molecule is CC(=O)Nc1ccc(C(=O)[C@@H](C)OC(=O)c2ccc([N+](=O)[O-])o2)cc1. The van der Waals surface area contributed by atoms with E-state index < -0.39 is 28.7 Å². The van der Waals surface area contributed by atoms with Crippen molar-refractivity contribution in [3.63, 3.8) is 0 Å². The van der Waals surface area contributed by atoms with Crippen molar-refractivity contribution in [2.24, 2.45) is 0 Å². The highest BCUT2D eigenvalue weighted by atomic mass is 16.7. The van der Waals surface area contributed by atoms with Crippen molar-refractivity contribution in [3.05, 3.63) is 57.8 Å². The predicted molar refractivity (Wildman–Crippen MR) is 85.3 cm³/mol. The molecule has 0 aliphatic rings. The Balaban J connectivity index is 2.02. The van der Waals surface area contributed by atoms with E-state index in [9.17, 15) is 24.5 Å². The first kappa shape index (κ1) is 17.9. The first-order valence-electron chi connectivity index (χ1n) is 7.15. The summed E-state index contributed by atoms with van der Waals surface area (Å²) in [6.45, 7) is 2.74. The summed E-state index contributed by atoms with van der Waals surface area (Å²) in [7, 11) is 0. The van der Waals surface area contributed by atoms with Crippen LogP contribution in [0.15, 0.2) is 40.8 Å². The van der Waals surface area contributed by atoms with E-state index in [1.807, 2.05) is 0 Å². The Labute approximate surface area is 141 Å². The molecule has 1 aromatic heterocycles. The molecule has 1 aromatic carbocycles. The van der Waals surface area contributed by atoms with Gasteiger partial charge in [-0.25, -0.2) is 4.79 Å². The molecule has 2 aromatic rings. The summed E-state index contributed by atoms with van der Waals surface area (Å²) < 4.78 is 9.69. The molecule has 0 saturated carbocycles. The number of ether oxygens (including phenoxy) is 1. The Morgan fingerprint density at radius 3 is 2.32 bits per heavy atom. The lowest BCUT2D eigenvalue weighted by Gasteiger charge is -2.11. The van der Waals surface area contributed by atoms with Gasteiger partial charge in [0.15, 0.2) is 6.10 Å². The lowest BCUT2D eigenvalue weighted by atomic mass is 10.1. The number of carbonyl (C=O) groups is 3. The van der Waals surface area contributed by atoms with Gasteiger partial charge in [-0.15, -0.1) is 0 Å². The zero-order valence-electron chi connectivity index (χ0n) is 13.3. The molecule has 0 unspecified atom stereocenters. The smallest absolute Gasteiger partial charge is 0.433 e. The van der Waals surface area contributed by atoms with Crippen molar-refractivity contribution < 1.29 is 28.5 Å². The van der Waals surface area contributed by atoms with Crippen molar-refractivity contribution >= 4 is 29.2 Å². The van der Waals surface area contributed by atoms with Gasteiger partial charge < -0.3 is 14.5 Å². The van der Waals surface area contributed by atoms with Crippen LogP contribution >= 0.6 is 0 Å². The maximum atomic E-state index is 12.3. The predicted octanol–water partition coefficient (Wildman–Crippen LogP) is 2.57. The minimum Gasteiger partial charge on any atom is -0.448 e. The lowest BCUT2D eigenvalue weighted by Crippen LogP contribution is -2.24. The second kappa shape index (κ2) is 7.39. The van der Waals surface area contributed by atoms with Gasteiger partial charge in [0.2, 0.25) is 17.5 Å². The molecule has 9 nitrogen and oxygen atoms in total. The first-order chi connectivity index (χ1) is 11.8. The summed E-state index contributed by atoms with van der Waals surface area (Å²) in [6, 6.07) is 8.16. The second-order valence-corrected chi connectivity index (χ2v) is 5.07. The van der Waals surface area contributed by atoms with E-state index in [1.165, 1.54) is 26.0 Å². The highest BCUT2D eigenvalue weighted by Gasteiger charge is 2.24. The lowest BCUT2D eigenvalue weighted by molar-refractivity contribution is -0.402. The molecule has 0 aliphatic heterocycles. The Kier molecular flexibility index (Phi) is 5.28. The molecule has 0 bridgehead atoms. The number of benzene rings is 1. The van der Waals surface area contributed by atoms with Crippen molar-refractivity contribution in [3.8, 4) is 0 Å². The van der Waals surface area contributed by atoms with Gasteiger partial charge in [0.25, 0.3) is 0 Å². The molecule has 0 saturated heterocycles. The van der Waals surface area contributed by atoms with Crippen LogP contribution in [0.2, 0.25) is 0 Å². The number of ketones is 1. The standard InChI is InChI=1S/C16H14N2O7/c1-9(24-16(21)13-7-8-14(25-13)18(22)23)15(20)11-3-5-12(6-4-11)17-10(2)19/h3-9H,1-2H3,(H,17,19)/t9-/m1/s1. The Hall–Kier alpha value is -3.49. The number of nitrogens with one attached hydrogen (secondary N) is 1. The highest BCUT2D eigenvalue weighted by Crippen LogP contribution is 2.18. The fourth-order valence-electron chi connectivity index (χ4n) is 1.96. The molecule has 0 spiro atoms. The molecule has 1 heterocycles. The average Bonchev–Trinajstić information content (AvgIpc) is 3.04. The maximum Gasteiger partial charge on any atom is 0.433 e. The number of carbonyl (C=O) groups excluding carboxylic acids is 3. The van der Waals surface area contributed by atoms with E-state index in [4.69, 9.17) is 9.15 Å². The van der Waals surface area contributed by atoms with E-state index in [0.29, 0.717) is 5.69 Å². The number of nitro groups is 1. The molecular weight excluding hydrogens is 332 g/mol. The fraction of sp³-hybridized carbons (Fsp3) is 0.188. The van der Waals surface area contributed by atoms with Crippen LogP contribution in [0.3, 0.4) is 0 Å². The number of nitrogens with zero attached hydrogens (tertiary/aromatic N) is 1. The Bertz CT molecular complexity index is 823. The molecule has 0 fully saturated rings. The number of Topliss-reactive ketones (excluding diaryl/α,β-unsaturated/α-hetero) is 1.